The van der Waals surface area contributed by atoms with Crippen molar-refractivity contribution in [1.29, 1.82) is 5.26 Å². The second-order valence-corrected chi connectivity index (χ2v) is 7.60. The van der Waals surface area contributed by atoms with Crippen molar-refractivity contribution >= 4 is 0 Å². The Morgan fingerprint density at radius 1 is 1.24 bits per heavy atom. The van der Waals surface area contributed by atoms with Gasteiger partial charge in [-0.05, 0) is 65.5 Å². The molecule has 0 aromatic heterocycles. The van der Waals surface area contributed by atoms with Gasteiger partial charge in [0.25, 0.3) is 0 Å². The van der Waals surface area contributed by atoms with Crippen LogP contribution in [0.15, 0.2) is 0 Å². The summed E-state index contributed by atoms with van der Waals surface area (Å²) in [5.41, 5.74) is -0.355. The molecule has 3 aliphatic rings. The minimum atomic E-state index is -0.355. The molecule has 3 atom stereocenters. The van der Waals surface area contributed by atoms with Crippen LogP contribution in [0.4, 0.5) is 0 Å². The second-order valence-electron chi connectivity index (χ2n) is 7.60. The summed E-state index contributed by atoms with van der Waals surface area (Å²) >= 11 is 0. The molecule has 4 heteroatoms. The van der Waals surface area contributed by atoms with Crippen LogP contribution in [0.1, 0.15) is 52.4 Å². The normalized spacial score (nSPS) is 32.0. The van der Waals surface area contributed by atoms with E-state index < -0.39 is 0 Å². The van der Waals surface area contributed by atoms with E-state index in [1.165, 1.54) is 58.3 Å². The zero-order valence-corrected chi connectivity index (χ0v) is 13.6. The van der Waals surface area contributed by atoms with E-state index in [0.717, 1.165) is 12.5 Å². The molecule has 2 heterocycles. The van der Waals surface area contributed by atoms with Crippen molar-refractivity contribution in [3.05, 3.63) is 0 Å². The fourth-order valence-corrected chi connectivity index (χ4v) is 4.11. The van der Waals surface area contributed by atoms with Crippen molar-refractivity contribution in [1.82, 2.24) is 15.1 Å². The Morgan fingerprint density at radius 2 is 1.95 bits per heavy atom. The Bertz CT molecular complexity index is 394. The molecule has 3 rings (SSSR count). The average Bonchev–Trinajstić information content (AvgIpc) is 2.99. The first kappa shape index (κ1) is 15.3. The third-order valence-corrected chi connectivity index (χ3v) is 5.53. The van der Waals surface area contributed by atoms with Gasteiger partial charge in [0.1, 0.15) is 5.54 Å². The van der Waals surface area contributed by atoms with Gasteiger partial charge in [-0.25, -0.2) is 0 Å². The Labute approximate surface area is 129 Å². The number of rotatable bonds is 6. The molecule has 2 saturated heterocycles. The lowest BCUT2D eigenvalue weighted by Gasteiger charge is -2.32. The topological polar surface area (TPSA) is 42.3 Å². The first-order valence-electron chi connectivity index (χ1n) is 8.77. The lowest BCUT2D eigenvalue weighted by molar-refractivity contribution is 0.184. The third kappa shape index (κ3) is 3.77. The van der Waals surface area contributed by atoms with E-state index in [1.807, 2.05) is 0 Å². The van der Waals surface area contributed by atoms with Crippen LogP contribution >= 0.6 is 0 Å². The fraction of sp³-hybridized carbons (Fsp3) is 0.941. The predicted molar refractivity (Wildman–Crippen MR) is 85.0 cm³/mol. The van der Waals surface area contributed by atoms with Gasteiger partial charge in [-0.3, -0.25) is 15.1 Å². The Kier molecular flexibility index (Phi) is 4.54. The first-order valence-corrected chi connectivity index (χ1v) is 8.77. The van der Waals surface area contributed by atoms with E-state index >= 15 is 0 Å². The van der Waals surface area contributed by atoms with E-state index in [4.69, 9.17) is 0 Å². The highest BCUT2D eigenvalue weighted by Crippen LogP contribution is 2.27. The van der Waals surface area contributed by atoms with E-state index in [-0.39, 0.29) is 5.54 Å². The zero-order chi connectivity index (χ0) is 14.9. The van der Waals surface area contributed by atoms with Crippen LogP contribution in [0.3, 0.4) is 0 Å². The van der Waals surface area contributed by atoms with E-state index in [1.54, 1.807) is 0 Å². The molecule has 0 bridgehead atoms. The summed E-state index contributed by atoms with van der Waals surface area (Å²) in [6, 6.07) is 4.38. The lowest BCUT2D eigenvalue weighted by atomic mass is 9.94. The number of hydrogen-bond donors (Lipinski definition) is 1. The predicted octanol–water partition coefficient (Wildman–Crippen LogP) is 1.97. The molecule has 0 aromatic carbocycles. The maximum absolute atomic E-state index is 9.54. The monoisotopic (exact) mass is 290 g/mol. The van der Waals surface area contributed by atoms with Crippen LogP contribution in [0.2, 0.25) is 0 Å². The standard InChI is InChI=1S/C17H30N4/c1-14(11-17(2,13-18)19-15-5-6-15)21-10-7-16(12-21)20-8-3-4-9-20/h14-16,19H,3-12H2,1-2H3. The van der Waals surface area contributed by atoms with Crippen molar-refractivity contribution in [2.75, 3.05) is 26.2 Å². The van der Waals surface area contributed by atoms with Crippen LogP contribution in [0.5, 0.6) is 0 Å². The summed E-state index contributed by atoms with van der Waals surface area (Å²) in [4.78, 5) is 5.28. The maximum atomic E-state index is 9.54. The highest BCUT2D eigenvalue weighted by Gasteiger charge is 2.37. The van der Waals surface area contributed by atoms with Gasteiger partial charge in [-0.2, -0.15) is 5.26 Å². The van der Waals surface area contributed by atoms with Gasteiger partial charge in [0.05, 0.1) is 6.07 Å². The third-order valence-electron chi connectivity index (χ3n) is 5.53. The molecule has 1 N–H and O–H groups in total. The lowest BCUT2D eigenvalue weighted by Crippen LogP contribution is -2.48. The molecule has 3 unspecified atom stereocenters. The Hall–Kier alpha value is -0.630. The number of nitrogens with zero attached hydrogens (tertiary/aromatic N) is 3. The van der Waals surface area contributed by atoms with E-state index in [9.17, 15) is 5.26 Å². The first-order chi connectivity index (χ1) is 10.1. The van der Waals surface area contributed by atoms with Gasteiger partial charge in [-0.1, -0.05) is 0 Å². The van der Waals surface area contributed by atoms with Crippen molar-refractivity contribution in [3.63, 3.8) is 0 Å². The summed E-state index contributed by atoms with van der Waals surface area (Å²) in [5.74, 6) is 0. The van der Waals surface area contributed by atoms with Gasteiger partial charge in [-0.15, -0.1) is 0 Å². The summed E-state index contributed by atoms with van der Waals surface area (Å²) in [7, 11) is 0. The highest BCUT2D eigenvalue weighted by molar-refractivity contribution is 5.09. The van der Waals surface area contributed by atoms with Crippen molar-refractivity contribution < 1.29 is 0 Å². The molecule has 0 spiro atoms. The number of likely N-dealkylation sites (tertiary alicyclic amines) is 2. The average molecular weight is 290 g/mol. The minimum absolute atomic E-state index is 0.355. The summed E-state index contributed by atoms with van der Waals surface area (Å²) in [6.07, 6.45) is 7.49. The number of hydrogen-bond acceptors (Lipinski definition) is 4. The molecule has 118 valence electrons. The quantitative estimate of drug-likeness (QED) is 0.812. The van der Waals surface area contributed by atoms with Crippen LogP contribution in [-0.4, -0.2) is 59.6 Å². The maximum Gasteiger partial charge on any atom is 0.105 e. The van der Waals surface area contributed by atoms with Crippen LogP contribution in [0, 0.1) is 11.3 Å². The van der Waals surface area contributed by atoms with E-state index in [0.29, 0.717) is 12.1 Å². The Morgan fingerprint density at radius 3 is 2.57 bits per heavy atom. The van der Waals surface area contributed by atoms with Gasteiger partial charge in [0.15, 0.2) is 0 Å². The van der Waals surface area contributed by atoms with Gasteiger partial charge in [0, 0.05) is 31.2 Å². The van der Waals surface area contributed by atoms with Crippen molar-refractivity contribution in [3.8, 4) is 6.07 Å². The Balaban J connectivity index is 1.50. The van der Waals surface area contributed by atoms with Gasteiger partial charge < -0.3 is 0 Å². The smallest absolute Gasteiger partial charge is 0.105 e. The van der Waals surface area contributed by atoms with Crippen LogP contribution in [0.25, 0.3) is 0 Å². The summed E-state index contributed by atoms with van der Waals surface area (Å²) in [5, 5.41) is 13.1. The molecule has 2 aliphatic heterocycles. The number of nitrogens with one attached hydrogen (secondary N) is 1. The number of nitriles is 1. The highest BCUT2D eigenvalue weighted by atomic mass is 15.3. The zero-order valence-electron chi connectivity index (χ0n) is 13.6. The van der Waals surface area contributed by atoms with Crippen LogP contribution < -0.4 is 5.32 Å². The molecule has 0 aromatic rings. The van der Waals surface area contributed by atoms with Gasteiger partial charge >= 0.3 is 0 Å². The van der Waals surface area contributed by atoms with Gasteiger partial charge in [0.2, 0.25) is 0 Å². The molecule has 0 amide bonds. The molecule has 3 fully saturated rings. The molecule has 21 heavy (non-hydrogen) atoms. The summed E-state index contributed by atoms with van der Waals surface area (Å²) < 4.78 is 0. The van der Waals surface area contributed by atoms with Crippen LogP contribution in [-0.2, 0) is 0 Å². The fourth-order valence-electron chi connectivity index (χ4n) is 4.11. The molecule has 4 nitrogen and oxygen atoms in total. The summed E-state index contributed by atoms with van der Waals surface area (Å²) in [6.45, 7) is 9.38. The molecule has 1 aliphatic carbocycles. The van der Waals surface area contributed by atoms with E-state index in [2.05, 4.69) is 35.0 Å². The molecular formula is C17H30N4. The second kappa shape index (κ2) is 6.24. The minimum Gasteiger partial charge on any atom is -0.299 e. The SMILES string of the molecule is CC(CC(C)(C#N)NC1CC1)N1CCC(N2CCCC2)C1. The molecule has 0 radical (unpaired) electrons. The molecule has 1 saturated carbocycles. The van der Waals surface area contributed by atoms with Crippen molar-refractivity contribution in [2.24, 2.45) is 0 Å². The molecular weight excluding hydrogens is 260 g/mol. The largest absolute Gasteiger partial charge is 0.299 e. The van der Waals surface area contributed by atoms with Crippen molar-refractivity contribution in [2.45, 2.75) is 76.0 Å².